The normalized spacial score (nSPS) is 15.4. The number of hydrogen-bond acceptors (Lipinski definition) is 6. The van der Waals surface area contributed by atoms with Gasteiger partial charge in [0, 0.05) is 43.0 Å². The molecule has 1 aliphatic heterocycles. The Morgan fingerprint density at radius 2 is 2.12 bits per heavy atom. The molecule has 0 bridgehead atoms. The number of amides is 1. The number of benzene rings is 1. The number of nitriles is 1. The lowest BCUT2D eigenvalue weighted by molar-refractivity contribution is -0.0498. The second-order valence-electron chi connectivity index (χ2n) is 7.72. The number of ether oxygens (including phenoxy) is 1. The Hall–Kier alpha value is -4.06. The van der Waals surface area contributed by atoms with Crippen LogP contribution in [0.4, 0.5) is 20.3 Å². The summed E-state index contributed by atoms with van der Waals surface area (Å²) < 4.78 is 29.2. The van der Waals surface area contributed by atoms with Gasteiger partial charge in [-0.2, -0.15) is 14.0 Å². The number of hydrogen-bond donors (Lipinski definition) is 1. The molecule has 1 fully saturated rings. The van der Waals surface area contributed by atoms with Crippen LogP contribution in [0.2, 0.25) is 0 Å². The fourth-order valence-electron chi connectivity index (χ4n) is 4.03. The third kappa shape index (κ3) is 5.06. The molecule has 9 heteroatoms. The van der Waals surface area contributed by atoms with Gasteiger partial charge in [0.1, 0.15) is 17.6 Å². The van der Waals surface area contributed by atoms with E-state index in [4.69, 9.17) is 0 Å². The van der Waals surface area contributed by atoms with Crippen molar-refractivity contribution >= 4 is 17.4 Å². The van der Waals surface area contributed by atoms with Gasteiger partial charge in [-0.25, -0.2) is 4.98 Å². The highest BCUT2D eigenvalue weighted by molar-refractivity contribution is 6.04. The molecular formula is C24H21F2N5O2. The summed E-state index contributed by atoms with van der Waals surface area (Å²) in [6.07, 6.45) is 5.47. The molecule has 33 heavy (non-hydrogen) atoms. The minimum Gasteiger partial charge on any atom is -0.435 e. The van der Waals surface area contributed by atoms with Gasteiger partial charge in [-0.3, -0.25) is 9.78 Å². The van der Waals surface area contributed by atoms with Crippen molar-refractivity contribution in [3.63, 3.8) is 0 Å². The molecule has 0 unspecified atom stereocenters. The molecule has 1 atom stereocenters. The zero-order valence-corrected chi connectivity index (χ0v) is 17.8. The summed E-state index contributed by atoms with van der Waals surface area (Å²) in [7, 11) is 0. The average Bonchev–Trinajstić information content (AvgIpc) is 3.29. The van der Waals surface area contributed by atoms with Gasteiger partial charge in [0.15, 0.2) is 0 Å². The first-order valence-corrected chi connectivity index (χ1v) is 10.4. The van der Waals surface area contributed by atoms with Crippen molar-refractivity contribution in [1.29, 1.82) is 5.26 Å². The lowest BCUT2D eigenvalue weighted by Gasteiger charge is -2.20. The number of alkyl halides is 2. The van der Waals surface area contributed by atoms with Crippen LogP contribution in [-0.2, 0) is 0 Å². The highest BCUT2D eigenvalue weighted by atomic mass is 19.3. The van der Waals surface area contributed by atoms with Crippen molar-refractivity contribution in [2.24, 2.45) is 0 Å². The standard InChI is InChI=1S/C24H21F2N5O2/c1-15-2-3-16(23(32)30-22-11-19(5-8-29-22)33-24(25)26)10-20(15)18-6-9-31(14-18)21-13-28-7-4-17(21)12-27/h2-5,7-8,10-11,13,18,24H,6,9,14H2,1H3,(H,29,30,32)/t18-/m1/s1. The number of pyridine rings is 2. The highest BCUT2D eigenvalue weighted by Crippen LogP contribution is 2.34. The number of aryl methyl sites for hydroxylation is 1. The Morgan fingerprint density at radius 1 is 1.27 bits per heavy atom. The Balaban J connectivity index is 1.50. The van der Waals surface area contributed by atoms with Crippen molar-refractivity contribution in [3.05, 3.63) is 77.2 Å². The minimum atomic E-state index is -2.96. The summed E-state index contributed by atoms with van der Waals surface area (Å²) in [6.45, 7) is 0.525. The van der Waals surface area contributed by atoms with Gasteiger partial charge in [0.05, 0.1) is 17.4 Å². The Morgan fingerprint density at radius 3 is 2.91 bits per heavy atom. The maximum absolute atomic E-state index is 12.8. The first-order valence-electron chi connectivity index (χ1n) is 10.4. The number of carbonyl (C=O) groups is 1. The van der Waals surface area contributed by atoms with Crippen LogP contribution in [0, 0.1) is 18.3 Å². The SMILES string of the molecule is Cc1ccc(C(=O)Nc2cc(OC(F)F)ccn2)cc1[C@@H]1CCN(c2cnccc2C#N)C1. The number of nitrogens with one attached hydrogen (secondary N) is 1. The van der Waals surface area contributed by atoms with Crippen molar-refractivity contribution in [3.8, 4) is 11.8 Å². The van der Waals surface area contributed by atoms with E-state index in [1.54, 1.807) is 24.5 Å². The predicted octanol–water partition coefficient (Wildman–Crippen LogP) is 4.50. The largest absolute Gasteiger partial charge is 0.435 e. The number of rotatable bonds is 6. The van der Waals surface area contributed by atoms with Gasteiger partial charge in [0.25, 0.3) is 5.91 Å². The molecule has 0 spiro atoms. The van der Waals surface area contributed by atoms with Crippen molar-refractivity contribution in [2.75, 3.05) is 23.3 Å². The number of anilines is 2. The maximum atomic E-state index is 12.8. The van der Waals surface area contributed by atoms with Gasteiger partial charge in [0.2, 0.25) is 0 Å². The molecule has 0 radical (unpaired) electrons. The summed E-state index contributed by atoms with van der Waals surface area (Å²) in [5, 5.41) is 12.0. The topological polar surface area (TPSA) is 91.1 Å². The van der Waals surface area contributed by atoms with Crippen LogP contribution in [-0.4, -0.2) is 35.6 Å². The molecule has 1 amide bonds. The number of nitrogens with zero attached hydrogens (tertiary/aromatic N) is 4. The number of carbonyl (C=O) groups excluding carboxylic acids is 1. The third-order valence-electron chi connectivity index (χ3n) is 5.63. The predicted molar refractivity (Wildman–Crippen MR) is 119 cm³/mol. The Kier molecular flexibility index (Phi) is 6.45. The van der Waals surface area contributed by atoms with E-state index in [0.717, 1.165) is 29.8 Å². The van der Waals surface area contributed by atoms with Crippen LogP contribution in [0.3, 0.4) is 0 Å². The molecule has 3 heterocycles. The van der Waals surface area contributed by atoms with E-state index in [0.29, 0.717) is 17.7 Å². The van der Waals surface area contributed by atoms with E-state index in [2.05, 4.69) is 31.0 Å². The minimum absolute atomic E-state index is 0.0851. The van der Waals surface area contributed by atoms with Crippen LogP contribution >= 0.6 is 0 Å². The quantitative estimate of drug-likeness (QED) is 0.596. The molecule has 7 nitrogen and oxygen atoms in total. The first kappa shape index (κ1) is 22.1. The molecule has 1 saturated heterocycles. The molecule has 1 aliphatic rings. The smallest absolute Gasteiger partial charge is 0.387 e. The molecule has 168 valence electrons. The maximum Gasteiger partial charge on any atom is 0.387 e. The average molecular weight is 449 g/mol. The van der Waals surface area contributed by atoms with E-state index in [1.165, 1.54) is 18.3 Å². The summed E-state index contributed by atoms with van der Waals surface area (Å²) in [5.74, 6) is -0.178. The molecule has 4 rings (SSSR count). The van der Waals surface area contributed by atoms with Gasteiger partial charge >= 0.3 is 6.61 Å². The molecule has 0 saturated carbocycles. The van der Waals surface area contributed by atoms with Crippen molar-refractivity contribution in [1.82, 2.24) is 9.97 Å². The summed E-state index contributed by atoms with van der Waals surface area (Å²) >= 11 is 0. The molecule has 2 aromatic heterocycles. The van der Waals surface area contributed by atoms with Crippen LogP contribution in [0.15, 0.2) is 55.0 Å². The van der Waals surface area contributed by atoms with Crippen LogP contribution in [0.25, 0.3) is 0 Å². The second-order valence-corrected chi connectivity index (χ2v) is 7.72. The molecule has 0 aliphatic carbocycles. The van der Waals surface area contributed by atoms with E-state index in [1.807, 2.05) is 19.1 Å². The first-order chi connectivity index (χ1) is 15.9. The van der Waals surface area contributed by atoms with E-state index < -0.39 is 12.5 Å². The molecule has 1 aromatic carbocycles. The van der Waals surface area contributed by atoms with Gasteiger partial charge < -0.3 is 15.0 Å². The fraction of sp³-hybridized carbons (Fsp3) is 0.250. The van der Waals surface area contributed by atoms with Gasteiger partial charge in [-0.05, 0) is 48.7 Å². The van der Waals surface area contributed by atoms with Crippen molar-refractivity contribution < 1.29 is 18.3 Å². The van der Waals surface area contributed by atoms with E-state index in [-0.39, 0.29) is 17.5 Å². The van der Waals surface area contributed by atoms with Crippen LogP contribution in [0.1, 0.15) is 39.4 Å². The van der Waals surface area contributed by atoms with Gasteiger partial charge in [-0.1, -0.05) is 6.07 Å². The van der Waals surface area contributed by atoms with Crippen LogP contribution in [0.5, 0.6) is 5.75 Å². The molecular weight excluding hydrogens is 428 g/mol. The number of halogens is 2. The molecule has 1 N–H and O–H groups in total. The van der Waals surface area contributed by atoms with E-state index in [9.17, 15) is 18.8 Å². The monoisotopic (exact) mass is 449 g/mol. The summed E-state index contributed by atoms with van der Waals surface area (Å²) in [4.78, 5) is 23.1. The number of aromatic nitrogens is 2. The second kappa shape index (κ2) is 9.61. The highest BCUT2D eigenvalue weighted by Gasteiger charge is 2.27. The van der Waals surface area contributed by atoms with Crippen LogP contribution < -0.4 is 15.0 Å². The summed E-state index contributed by atoms with van der Waals surface area (Å²) in [6, 6.07) is 11.9. The summed E-state index contributed by atoms with van der Waals surface area (Å²) in [5.41, 5.74) is 3.95. The lowest BCUT2D eigenvalue weighted by atomic mass is 9.92. The van der Waals surface area contributed by atoms with Crippen molar-refractivity contribution in [2.45, 2.75) is 25.9 Å². The Bertz CT molecular complexity index is 1210. The zero-order valence-electron chi connectivity index (χ0n) is 17.8. The molecule has 3 aromatic rings. The van der Waals surface area contributed by atoms with E-state index >= 15 is 0 Å². The lowest BCUT2D eigenvalue weighted by Crippen LogP contribution is -2.21. The zero-order chi connectivity index (χ0) is 23.4. The fourth-order valence-corrected chi connectivity index (χ4v) is 4.03. The Labute approximate surface area is 189 Å². The van der Waals surface area contributed by atoms with Gasteiger partial charge in [-0.15, -0.1) is 0 Å². The third-order valence-corrected chi connectivity index (χ3v) is 5.63.